The SMILES string of the molecule is COc1cccc(C#CC(C)=CCONC(=O)c2cc(Br)c(F)c(F)c2Cc2ccc(I)cc2C)c1. The highest BCUT2D eigenvalue weighted by atomic mass is 127. The van der Waals surface area contributed by atoms with Crippen LogP contribution in [-0.2, 0) is 11.3 Å². The van der Waals surface area contributed by atoms with Crippen LogP contribution in [0.25, 0.3) is 0 Å². The molecule has 0 radical (unpaired) electrons. The highest BCUT2D eigenvalue weighted by Gasteiger charge is 2.22. The lowest BCUT2D eigenvalue weighted by molar-refractivity contribution is 0.0418. The predicted molar refractivity (Wildman–Crippen MR) is 148 cm³/mol. The second kappa shape index (κ2) is 13.0. The number of methoxy groups -OCH3 is 1. The van der Waals surface area contributed by atoms with E-state index in [1.807, 2.05) is 56.3 Å². The largest absolute Gasteiger partial charge is 0.497 e. The number of nitrogens with one attached hydrogen (secondary N) is 1. The van der Waals surface area contributed by atoms with E-state index < -0.39 is 17.5 Å². The summed E-state index contributed by atoms with van der Waals surface area (Å²) in [5.41, 5.74) is 5.49. The van der Waals surface area contributed by atoms with Crippen molar-refractivity contribution in [3.05, 3.63) is 108 Å². The number of carbonyl (C=O) groups is 1. The van der Waals surface area contributed by atoms with Crippen LogP contribution in [0.4, 0.5) is 8.78 Å². The molecular formula is C28H23BrF2INO3. The molecule has 0 aliphatic heterocycles. The van der Waals surface area contributed by atoms with Crippen LogP contribution < -0.4 is 10.2 Å². The Bertz CT molecular complexity index is 1380. The molecule has 0 spiro atoms. The summed E-state index contributed by atoms with van der Waals surface area (Å²) in [6, 6.07) is 14.3. The lowest BCUT2D eigenvalue weighted by atomic mass is 9.96. The van der Waals surface area contributed by atoms with Crippen molar-refractivity contribution in [2.75, 3.05) is 13.7 Å². The van der Waals surface area contributed by atoms with Crippen molar-refractivity contribution in [1.29, 1.82) is 0 Å². The minimum Gasteiger partial charge on any atom is -0.497 e. The van der Waals surface area contributed by atoms with Crippen molar-refractivity contribution in [1.82, 2.24) is 5.48 Å². The summed E-state index contributed by atoms with van der Waals surface area (Å²) in [7, 11) is 1.59. The van der Waals surface area contributed by atoms with Gasteiger partial charge in [0.15, 0.2) is 11.6 Å². The number of amides is 1. The zero-order valence-corrected chi connectivity index (χ0v) is 23.6. The maximum Gasteiger partial charge on any atom is 0.275 e. The van der Waals surface area contributed by atoms with Crippen LogP contribution in [-0.4, -0.2) is 19.6 Å². The lowest BCUT2D eigenvalue weighted by Gasteiger charge is -2.14. The van der Waals surface area contributed by atoms with Gasteiger partial charge in [0.1, 0.15) is 5.75 Å². The molecule has 4 nitrogen and oxygen atoms in total. The number of hydroxylamine groups is 1. The Balaban J connectivity index is 1.70. The summed E-state index contributed by atoms with van der Waals surface area (Å²) in [5.74, 6) is 3.95. The van der Waals surface area contributed by atoms with Gasteiger partial charge in [-0.2, -0.15) is 0 Å². The van der Waals surface area contributed by atoms with Gasteiger partial charge in [0, 0.05) is 26.7 Å². The normalized spacial score (nSPS) is 11.0. The monoisotopic (exact) mass is 665 g/mol. The first-order chi connectivity index (χ1) is 17.2. The Morgan fingerprint density at radius 3 is 2.67 bits per heavy atom. The fourth-order valence-corrected chi connectivity index (χ4v) is 4.36. The van der Waals surface area contributed by atoms with E-state index in [0.29, 0.717) is 0 Å². The average Bonchev–Trinajstić information content (AvgIpc) is 2.86. The number of aryl methyl sites for hydroxylation is 1. The van der Waals surface area contributed by atoms with E-state index >= 15 is 0 Å². The van der Waals surface area contributed by atoms with Gasteiger partial charge in [-0.05, 0) is 112 Å². The number of allylic oxidation sites excluding steroid dienone is 1. The molecule has 186 valence electrons. The molecule has 8 heteroatoms. The number of ether oxygens (including phenoxy) is 1. The molecule has 3 aromatic carbocycles. The molecule has 0 unspecified atom stereocenters. The molecule has 3 aromatic rings. The molecular weight excluding hydrogens is 643 g/mol. The molecule has 0 fully saturated rings. The van der Waals surface area contributed by atoms with Crippen molar-refractivity contribution in [2.24, 2.45) is 0 Å². The Labute approximate surface area is 231 Å². The molecule has 0 saturated carbocycles. The smallest absolute Gasteiger partial charge is 0.275 e. The summed E-state index contributed by atoms with van der Waals surface area (Å²) >= 11 is 5.17. The highest BCUT2D eigenvalue weighted by Crippen LogP contribution is 2.28. The van der Waals surface area contributed by atoms with Gasteiger partial charge < -0.3 is 4.74 Å². The molecule has 1 amide bonds. The second-order valence-corrected chi connectivity index (χ2v) is 9.97. The summed E-state index contributed by atoms with van der Waals surface area (Å²) in [5, 5.41) is 0. The number of carbonyl (C=O) groups excluding carboxylic acids is 1. The van der Waals surface area contributed by atoms with Gasteiger partial charge in [0.25, 0.3) is 5.91 Å². The first kappa shape index (κ1) is 27.8. The average molecular weight is 666 g/mol. The quantitative estimate of drug-likeness (QED) is 0.0983. The van der Waals surface area contributed by atoms with Crippen LogP contribution in [0.3, 0.4) is 0 Å². The van der Waals surface area contributed by atoms with Crippen LogP contribution in [0.1, 0.15) is 39.5 Å². The Kier molecular flexibility index (Phi) is 10.0. The Hall–Kier alpha value is -2.74. The predicted octanol–water partition coefficient (Wildman–Crippen LogP) is 6.90. The molecule has 0 aromatic heterocycles. The Morgan fingerprint density at radius 2 is 1.94 bits per heavy atom. The third kappa shape index (κ3) is 7.38. The third-order valence-corrected chi connectivity index (χ3v) is 6.54. The lowest BCUT2D eigenvalue weighted by Crippen LogP contribution is -2.26. The van der Waals surface area contributed by atoms with E-state index in [9.17, 15) is 13.6 Å². The number of benzene rings is 3. The zero-order chi connectivity index (χ0) is 26.2. The maximum atomic E-state index is 14.9. The molecule has 1 N–H and O–H groups in total. The van der Waals surface area contributed by atoms with Gasteiger partial charge in [-0.25, -0.2) is 14.3 Å². The van der Waals surface area contributed by atoms with Gasteiger partial charge in [-0.3, -0.25) is 9.63 Å². The Morgan fingerprint density at radius 1 is 1.17 bits per heavy atom. The molecule has 36 heavy (non-hydrogen) atoms. The van der Waals surface area contributed by atoms with Crippen LogP contribution in [0.2, 0.25) is 0 Å². The number of rotatable bonds is 7. The van der Waals surface area contributed by atoms with Crippen LogP contribution >= 0.6 is 38.5 Å². The summed E-state index contributed by atoms with van der Waals surface area (Å²) in [4.78, 5) is 18.1. The number of hydrogen-bond acceptors (Lipinski definition) is 3. The van der Waals surface area contributed by atoms with E-state index in [1.165, 1.54) is 6.07 Å². The zero-order valence-electron chi connectivity index (χ0n) is 19.8. The van der Waals surface area contributed by atoms with Gasteiger partial charge >= 0.3 is 0 Å². The van der Waals surface area contributed by atoms with E-state index in [4.69, 9.17) is 9.57 Å². The van der Waals surface area contributed by atoms with Crippen molar-refractivity contribution in [3.8, 4) is 17.6 Å². The highest BCUT2D eigenvalue weighted by molar-refractivity contribution is 14.1. The molecule has 0 saturated heterocycles. The van der Waals surface area contributed by atoms with Gasteiger partial charge in [0.2, 0.25) is 0 Å². The van der Waals surface area contributed by atoms with Crippen molar-refractivity contribution >= 4 is 44.4 Å². The first-order valence-electron chi connectivity index (χ1n) is 10.9. The minimum absolute atomic E-state index is 0.0164. The fourth-order valence-electron chi connectivity index (χ4n) is 3.31. The fraction of sp³-hybridized carbons (Fsp3) is 0.179. The third-order valence-electron chi connectivity index (χ3n) is 5.29. The van der Waals surface area contributed by atoms with E-state index in [2.05, 4.69) is 55.8 Å². The molecule has 0 heterocycles. The maximum absolute atomic E-state index is 14.9. The minimum atomic E-state index is -1.07. The topological polar surface area (TPSA) is 47.6 Å². The van der Waals surface area contributed by atoms with Gasteiger partial charge in [0.05, 0.1) is 18.2 Å². The number of hydrogen-bond donors (Lipinski definition) is 1. The molecule has 0 aliphatic carbocycles. The van der Waals surface area contributed by atoms with Crippen LogP contribution in [0, 0.1) is 34.0 Å². The molecule has 0 aliphatic rings. The summed E-state index contributed by atoms with van der Waals surface area (Å²) in [6.07, 6.45) is 1.75. The van der Waals surface area contributed by atoms with Crippen LogP contribution in [0.15, 0.2) is 64.7 Å². The van der Waals surface area contributed by atoms with Crippen molar-refractivity contribution in [3.63, 3.8) is 0 Å². The van der Waals surface area contributed by atoms with E-state index in [0.717, 1.165) is 31.6 Å². The second-order valence-electron chi connectivity index (χ2n) is 7.87. The molecule has 0 bridgehead atoms. The summed E-state index contributed by atoms with van der Waals surface area (Å²) < 4.78 is 35.3. The van der Waals surface area contributed by atoms with Crippen molar-refractivity contribution in [2.45, 2.75) is 20.3 Å². The van der Waals surface area contributed by atoms with Crippen LogP contribution in [0.5, 0.6) is 5.75 Å². The van der Waals surface area contributed by atoms with Crippen molar-refractivity contribution < 1.29 is 23.1 Å². The van der Waals surface area contributed by atoms with E-state index in [1.54, 1.807) is 13.2 Å². The standard InChI is InChI=1S/C28H23BrF2INO3/c1-17(7-8-19-5-4-6-22(14-19)35-3)11-12-36-33-28(34)24-16-25(29)27(31)26(30)23(24)15-20-9-10-21(32)13-18(20)2/h4-6,9-11,13-14,16H,12,15H2,1-3H3,(H,33,34). The van der Waals surface area contributed by atoms with Gasteiger partial charge in [-0.1, -0.05) is 24.0 Å². The van der Waals surface area contributed by atoms with Gasteiger partial charge in [-0.15, -0.1) is 0 Å². The molecule has 3 rings (SSSR count). The first-order valence-corrected chi connectivity index (χ1v) is 12.7. The summed E-state index contributed by atoms with van der Waals surface area (Å²) in [6.45, 7) is 3.74. The van der Waals surface area contributed by atoms with E-state index in [-0.39, 0.29) is 28.6 Å². The molecule has 0 atom stereocenters. The number of halogens is 4.